The molecule has 0 aliphatic carbocycles. The van der Waals surface area contributed by atoms with Gasteiger partial charge in [-0.1, -0.05) is 36.4 Å². The number of rotatable bonds is 6. The van der Waals surface area contributed by atoms with Gasteiger partial charge in [-0.05, 0) is 17.0 Å². The minimum atomic E-state index is -0.177. The van der Waals surface area contributed by atoms with Gasteiger partial charge < -0.3 is 4.90 Å². The number of thiophene rings is 1. The highest BCUT2D eigenvalue weighted by Gasteiger charge is 2.14. The van der Waals surface area contributed by atoms with Crippen LogP contribution in [0.2, 0.25) is 0 Å². The Labute approximate surface area is 154 Å². The summed E-state index contributed by atoms with van der Waals surface area (Å²) in [4.78, 5) is 31.0. The summed E-state index contributed by atoms with van der Waals surface area (Å²) in [5, 5.41) is 6.92. The third kappa shape index (κ3) is 4.74. The van der Waals surface area contributed by atoms with E-state index in [4.69, 9.17) is 0 Å². The van der Waals surface area contributed by atoms with E-state index in [1.165, 1.54) is 22.7 Å². The molecule has 1 N–H and O–H groups in total. The van der Waals surface area contributed by atoms with Crippen molar-refractivity contribution in [2.75, 3.05) is 12.4 Å². The van der Waals surface area contributed by atoms with Crippen molar-refractivity contribution in [1.82, 2.24) is 9.88 Å². The van der Waals surface area contributed by atoms with Gasteiger partial charge in [0.2, 0.25) is 5.91 Å². The van der Waals surface area contributed by atoms with E-state index in [1.54, 1.807) is 23.4 Å². The number of anilines is 1. The highest BCUT2D eigenvalue weighted by molar-refractivity contribution is 7.14. The third-order valence-electron chi connectivity index (χ3n) is 3.54. The smallest absolute Gasteiger partial charge is 0.267 e. The van der Waals surface area contributed by atoms with Gasteiger partial charge in [0.05, 0.1) is 17.0 Å². The molecule has 0 atom stereocenters. The topological polar surface area (TPSA) is 62.3 Å². The molecule has 128 valence electrons. The van der Waals surface area contributed by atoms with E-state index >= 15 is 0 Å². The summed E-state index contributed by atoms with van der Waals surface area (Å²) in [6.45, 7) is 0.561. The predicted molar refractivity (Wildman–Crippen MR) is 101 cm³/mol. The van der Waals surface area contributed by atoms with Crippen LogP contribution in [0.3, 0.4) is 0 Å². The molecule has 0 bridgehead atoms. The molecule has 0 fully saturated rings. The summed E-state index contributed by atoms with van der Waals surface area (Å²) in [7, 11) is 1.78. The zero-order valence-corrected chi connectivity index (χ0v) is 15.3. The molecule has 0 radical (unpaired) electrons. The van der Waals surface area contributed by atoms with E-state index in [1.807, 2.05) is 41.8 Å². The van der Waals surface area contributed by atoms with Crippen molar-refractivity contribution >= 4 is 39.6 Å². The number of nitrogens with one attached hydrogen (secondary N) is 1. The SMILES string of the molecule is CN(Cc1ccccc1)C(=O)Cc1csc(NC(=O)c2cccs2)n1. The number of aromatic nitrogens is 1. The minimum Gasteiger partial charge on any atom is -0.341 e. The molecule has 0 saturated heterocycles. The Kier molecular flexibility index (Phi) is 5.57. The molecule has 5 nitrogen and oxygen atoms in total. The Morgan fingerprint density at radius 3 is 2.64 bits per heavy atom. The Morgan fingerprint density at radius 1 is 1.12 bits per heavy atom. The van der Waals surface area contributed by atoms with Crippen molar-refractivity contribution in [3.8, 4) is 0 Å². The molecular formula is C18H17N3O2S2. The van der Waals surface area contributed by atoms with E-state index in [0.29, 0.717) is 22.2 Å². The zero-order valence-electron chi connectivity index (χ0n) is 13.6. The second kappa shape index (κ2) is 8.04. The van der Waals surface area contributed by atoms with E-state index in [2.05, 4.69) is 10.3 Å². The van der Waals surface area contributed by atoms with E-state index in [9.17, 15) is 9.59 Å². The van der Waals surface area contributed by atoms with E-state index in [-0.39, 0.29) is 18.2 Å². The summed E-state index contributed by atoms with van der Waals surface area (Å²) >= 11 is 2.70. The van der Waals surface area contributed by atoms with Gasteiger partial charge in [0.15, 0.2) is 5.13 Å². The number of likely N-dealkylation sites (N-methyl/N-ethyl adjacent to an activating group) is 1. The first kappa shape index (κ1) is 17.3. The Morgan fingerprint density at radius 2 is 1.92 bits per heavy atom. The quantitative estimate of drug-likeness (QED) is 0.719. The lowest BCUT2D eigenvalue weighted by Gasteiger charge is -2.16. The van der Waals surface area contributed by atoms with Crippen LogP contribution in [-0.2, 0) is 17.8 Å². The molecule has 7 heteroatoms. The summed E-state index contributed by atoms with van der Waals surface area (Å²) in [5.74, 6) is -0.186. The molecule has 0 aliphatic rings. The molecule has 0 unspecified atom stereocenters. The molecule has 2 amide bonds. The highest BCUT2D eigenvalue weighted by atomic mass is 32.1. The number of carbonyl (C=O) groups is 2. The molecule has 1 aromatic carbocycles. The number of hydrogen-bond donors (Lipinski definition) is 1. The Hall–Kier alpha value is -2.51. The molecule has 3 aromatic rings. The number of amides is 2. The van der Waals surface area contributed by atoms with Crippen molar-refractivity contribution in [3.63, 3.8) is 0 Å². The van der Waals surface area contributed by atoms with Crippen LogP contribution in [0.4, 0.5) is 5.13 Å². The lowest BCUT2D eigenvalue weighted by Crippen LogP contribution is -2.27. The lowest BCUT2D eigenvalue weighted by atomic mass is 10.2. The monoisotopic (exact) mass is 371 g/mol. The molecule has 0 aliphatic heterocycles. The first-order valence-electron chi connectivity index (χ1n) is 7.69. The normalized spacial score (nSPS) is 10.4. The fourth-order valence-corrected chi connectivity index (χ4v) is 3.57. The van der Waals surface area contributed by atoms with Gasteiger partial charge in [-0.3, -0.25) is 14.9 Å². The van der Waals surface area contributed by atoms with Crippen LogP contribution in [0.25, 0.3) is 0 Å². The molecule has 2 aromatic heterocycles. The van der Waals surface area contributed by atoms with Crippen LogP contribution in [-0.4, -0.2) is 28.7 Å². The third-order valence-corrected chi connectivity index (χ3v) is 5.21. The van der Waals surface area contributed by atoms with E-state index in [0.717, 1.165) is 5.56 Å². The van der Waals surface area contributed by atoms with Gasteiger partial charge in [0, 0.05) is 19.0 Å². The number of carbonyl (C=O) groups excluding carboxylic acids is 2. The maximum absolute atomic E-state index is 12.3. The number of benzene rings is 1. The predicted octanol–water partition coefficient (Wildman–Crippen LogP) is 3.66. The van der Waals surface area contributed by atoms with Crippen molar-refractivity contribution in [2.24, 2.45) is 0 Å². The molecule has 25 heavy (non-hydrogen) atoms. The zero-order chi connectivity index (χ0) is 17.6. The summed E-state index contributed by atoms with van der Waals surface area (Å²) in [6.07, 6.45) is 0.217. The summed E-state index contributed by atoms with van der Waals surface area (Å²) < 4.78 is 0. The summed E-state index contributed by atoms with van der Waals surface area (Å²) in [6, 6.07) is 13.4. The van der Waals surface area contributed by atoms with Crippen LogP contribution >= 0.6 is 22.7 Å². The number of thiazole rings is 1. The van der Waals surface area contributed by atoms with Crippen molar-refractivity contribution in [1.29, 1.82) is 0 Å². The van der Waals surface area contributed by atoms with Gasteiger partial charge in [-0.15, -0.1) is 22.7 Å². The first-order valence-corrected chi connectivity index (χ1v) is 9.45. The highest BCUT2D eigenvalue weighted by Crippen LogP contribution is 2.19. The second-order valence-electron chi connectivity index (χ2n) is 5.49. The summed E-state index contributed by atoms with van der Waals surface area (Å²) in [5.41, 5.74) is 1.75. The van der Waals surface area contributed by atoms with Crippen LogP contribution < -0.4 is 5.32 Å². The molecule has 0 saturated carbocycles. The van der Waals surface area contributed by atoms with Crippen molar-refractivity contribution < 1.29 is 9.59 Å². The van der Waals surface area contributed by atoms with Gasteiger partial charge >= 0.3 is 0 Å². The molecular weight excluding hydrogens is 354 g/mol. The Balaban J connectivity index is 1.55. The fraction of sp³-hybridized carbons (Fsp3) is 0.167. The molecule has 3 rings (SSSR count). The second-order valence-corrected chi connectivity index (χ2v) is 7.29. The largest absolute Gasteiger partial charge is 0.341 e. The lowest BCUT2D eigenvalue weighted by molar-refractivity contribution is -0.129. The Bertz CT molecular complexity index is 844. The fourth-order valence-electron chi connectivity index (χ4n) is 2.25. The van der Waals surface area contributed by atoms with Crippen LogP contribution in [0.5, 0.6) is 0 Å². The van der Waals surface area contributed by atoms with Gasteiger partial charge in [0.1, 0.15) is 0 Å². The molecule has 0 spiro atoms. The maximum atomic E-state index is 12.3. The maximum Gasteiger partial charge on any atom is 0.267 e. The van der Waals surface area contributed by atoms with Crippen LogP contribution in [0.15, 0.2) is 53.2 Å². The molecule has 2 heterocycles. The van der Waals surface area contributed by atoms with Gasteiger partial charge in [-0.25, -0.2) is 4.98 Å². The van der Waals surface area contributed by atoms with Crippen LogP contribution in [0.1, 0.15) is 20.9 Å². The number of hydrogen-bond acceptors (Lipinski definition) is 5. The number of nitrogens with zero attached hydrogens (tertiary/aromatic N) is 2. The van der Waals surface area contributed by atoms with Gasteiger partial charge in [0.25, 0.3) is 5.91 Å². The standard InChI is InChI=1S/C18H17N3O2S2/c1-21(11-13-6-3-2-4-7-13)16(22)10-14-12-25-18(19-14)20-17(23)15-8-5-9-24-15/h2-9,12H,10-11H2,1H3,(H,19,20,23). The first-order chi connectivity index (χ1) is 12.1. The van der Waals surface area contributed by atoms with Crippen molar-refractivity contribution in [2.45, 2.75) is 13.0 Å². The van der Waals surface area contributed by atoms with Gasteiger partial charge in [-0.2, -0.15) is 0 Å². The average Bonchev–Trinajstić information content (AvgIpc) is 3.28. The van der Waals surface area contributed by atoms with E-state index < -0.39 is 0 Å². The van der Waals surface area contributed by atoms with Crippen LogP contribution in [0, 0.1) is 0 Å². The minimum absolute atomic E-state index is 0.00899. The van der Waals surface area contributed by atoms with Crippen molar-refractivity contribution in [3.05, 3.63) is 69.4 Å². The average molecular weight is 371 g/mol.